The van der Waals surface area contributed by atoms with E-state index in [1.54, 1.807) is 6.07 Å². The van der Waals surface area contributed by atoms with E-state index in [-0.39, 0.29) is 30.3 Å². The Bertz CT molecular complexity index is 978. The van der Waals surface area contributed by atoms with Crippen LogP contribution in [0.2, 0.25) is 0 Å². The van der Waals surface area contributed by atoms with Crippen molar-refractivity contribution < 1.29 is 22.6 Å². The Morgan fingerprint density at radius 1 is 0.969 bits per heavy atom. The average Bonchev–Trinajstić information content (AvgIpc) is 2.80. The summed E-state index contributed by atoms with van der Waals surface area (Å²) in [5.74, 6) is -1.71. The van der Waals surface area contributed by atoms with E-state index in [4.69, 9.17) is 9.47 Å². The number of halogens is 3. The van der Waals surface area contributed by atoms with Crippen LogP contribution in [0.4, 0.5) is 13.2 Å². The lowest BCUT2D eigenvalue weighted by Gasteiger charge is -2.28. The second kappa shape index (κ2) is 10.0. The van der Waals surface area contributed by atoms with Crippen LogP contribution in [0.1, 0.15) is 68.6 Å². The average molecular weight is 445 g/mol. The van der Waals surface area contributed by atoms with Crippen LogP contribution in [-0.4, -0.2) is 6.61 Å². The lowest BCUT2D eigenvalue weighted by molar-refractivity contribution is 0.251. The van der Waals surface area contributed by atoms with E-state index >= 15 is 4.39 Å². The summed E-state index contributed by atoms with van der Waals surface area (Å²) in [5.41, 5.74) is 1.64. The molecule has 1 saturated carbocycles. The molecule has 32 heavy (non-hydrogen) atoms. The highest BCUT2D eigenvalue weighted by Crippen LogP contribution is 2.44. The maximum atomic E-state index is 15.3. The van der Waals surface area contributed by atoms with Crippen LogP contribution in [0.15, 0.2) is 30.9 Å². The number of ether oxygens (including phenoxy) is 2. The normalized spacial score (nSPS) is 19.6. The Kier molecular flexibility index (Phi) is 7.12. The molecule has 1 aliphatic heterocycles. The zero-order valence-corrected chi connectivity index (χ0v) is 18.7. The first-order valence-corrected chi connectivity index (χ1v) is 11.7. The fourth-order valence-electron chi connectivity index (χ4n) is 5.09. The number of hydrogen-bond acceptors (Lipinski definition) is 2. The third-order valence-electron chi connectivity index (χ3n) is 6.89. The van der Waals surface area contributed by atoms with Gasteiger partial charge >= 0.3 is 0 Å². The van der Waals surface area contributed by atoms with Gasteiger partial charge in [-0.05, 0) is 36.3 Å². The summed E-state index contributed by atoms with van der Waals surface area (Å²) < 4.78 is 55.1. The molecule has 0 unspecified atom stereocenters. The quantitative estimate of drug-likeness (QED) is 0.329. The maximum Gasteiger partial charge on any atom is 0.205 e. The van der Waals surface area contributed by atoms with Gasteiger partial charge in [-0.25, -0.2) is 4.39 Å². The van der Waals surface area contributed by atoms with Crippen LogP contribution >= 0.6 is 0 Å². The summed E-state index contributed by atoms with van der Waals surface area (Å²) in [6.45, 7) is 5.81. The van der Waals surface area contributed by atoms with Crippen LogP contribution in [0.25, 0.3) is 0 Å². The van der Waals surface area contributed by atoms with E-state index in [1.807, 2.05) is 6.07 Å². The predicted molar refractivity (Wildman–Crippen MR) is 120 cm³/mol. The minimum Gasteiger partial charge on any atom is -0.486 e. The first-order chi connectivity index (χ1) is 15.5. The highest BCUT2D eigenvalue weighted by molar-refractivity contribution is 5.54. The van der Waals surface area contributed by atoms with Crippen LogP contribution < -0.4 is 9.47 Å². The molecule has 0 bridgehead atoms. The van der Waals surface area contributed by atoms with Gasteiger partial charge in [0, 0.05) is 17.5 Å². The monoisotopic (exact) mass is 444 g/mol. The van der Waals surface area contributed by atoms with Gasteiger partial charge in [-0.15, -0.1) is 0 Å². The van der Waals surface area contributed by atoms with Crippen molar-refractivity contribution in [3.05, 3.63) is 65.0 Å². The Balaban J connectivity index is 1.47. The number of hydrogen-bond donors (Lipinski definition) is 0. The van der Waals surface area contributed by atoms with Crippen molar-refractivity contribution in [1.29, 1.82) is 0 Å². The Morgan fingerprint density at radius 3 is 2.34 bits per heavy atom. The lowest BCUT2D eigenvalue weighted by atomic mass is 9.78. The van der Waals surface area contributed by atoms with Gasteiger partial charge in [0.2, 0.25) is 11.6 Å². The Labute approximate surface area is 188 Å². The number of rotatable bonds is 8. The van der Waals surface area contributed by atoms with Crippen molar-refractivity contribution in [2.24, 2.45) is 11.8 Å². The van der Waals surface area contributed by atoms with E-state index in [1.165, 1.54) is 50.7 Å². The molecular formula is C27H31F3O2. The van der Waals surface area contributed by atoms with E-state index in [0.717, 1.165) is 12.3 Å². The van der Waals surface area contributed by atoms with Gasteiger partial charge in [0.15, 0.2) is 23.1 Å². The highest BCUT2D eigenvalue weighted by Gasteiger charge is 2.29. The van der Waals surface area contributed by atoms with Crippen molar-refractivity contribution >= 4 is 0 Å². The minimum absolute atomic E-state index is 0.0136. The van der Waals surface area contributed by atoms with Crippen LogP contribution in [0.5, 0.6) is 17.2 Å². The van der Waals surface area contributed by atoms with E-state index in [0.29, 0.717) is 29.0 Å². The Hall–Kier alpha value is -2.43. The molecule has 2 nitrogen and oxygen atoms in total. The first-order valence-electron chi connectivity index (χ1n) is 11.7. The van der Waals surface area contributed by atoms with Crippen LogP contribution in [0, 0.1) is 29.3 Å². The summed E-state index contributed by atoms with van der Waals surface area (Å²) in [6, 6.07) is 5.06. The molecule has 5 heteroatoms. The zero-order chi connectivity index (χ0) is 22.7. The molecule has 0 atom stereocenters. The first kappa shape index (κ1) is 22.8. The number of benzene rings is 2. The lowest BCUT2D eigenvalue weighted by Crippen LogP contribution is -2.15. The van der Waals surface area contributed by atoms with E-state index in [2.05, 4.69) is 13.5 Å². The molecule has 0 radical (unpaired) electrons. The maximum absolute atomic E-state index is 15.3. The van der Waals surface area contributed by atoms with Crippen molar-refractivity contribution in [2.45, 2.75) is 64.7 Å². The summed E-state index contributed by atoms with van der Waals surface area (Å²) in [7, 11) is 0. The second-order valence-electron chi connectivity index (χ2n) is 9.11. The van der Waals surface area contributed by atoms with Gasteiger partial charge in [-0.2, -0.15) is 8.78 Å². The molecule has 0 aromatic heterocycles. The third-order valence-corrected chi connectivity index (χ3v) is 6.89. The molecule has 2 aliphatic rings. The molecule has 4 rings (SSSR count). The molecule has 0 saturated heterocycles. The second-order valence-corrected chi connectivity index (χ2v) is 9.11. The molecule has 0 spiro atoms. The van der Waals surface area contributed by atoms with Crippen molar-refractivity contribution in [3.63, 3.8) is 0 Å². The van der Waals surface area contributed by atoms with Gasteiger partial charge < -0.3 is 9.47 Å². The van der Waals surface area contributed by atoms with Crippen LogP contribution in [0.3, 0.4) is 0 Å². The molecular weight excluding hydrogens is 413 g/mol. The number of fused-ring (bicyclic) bond motifs is 2. The summed E-state index contributed by atoms with van der Waals surface area (Å²) in [5, 5.41) is 0. The largest absolute Gasteiger partial charge is 0.486 e. The zero-order valence-electron chi connectivity index (χ0n) is 18.7. The third kappa shape index (κ3) is 4.67. The molecule has 1 fully saturated rings. The summed E-state index contributed by atoms with van der Waals surface area (Å²) in [4.78, 5) is 0. The minimum atomic E-state index is -1.15. The highest BCUT2D eigenvalue weighted by atomic mass is 19.2. The molecule has 1 aliphatic carbocycles. The van der Waals surface area contributed by atoms with Crippen molar-refractivity contribution in [3.8, 4) is 17.2 Å². The number of aryl methyl sites for hydroxylation is 1. The fourth-order valence-corrected chi connectivity index (χ4v) is 5.09. The molecule has 0 N–H and O–H groups in total. The van der Waals surface area contributed by atoms with Crippen LogP contribution in [-0.2, 0) is 12.8 Å². The van der Waals surface area contributed by atoms with Crippen molar-refractivity contribution in [2.75, 3.05) is 6.61 Å². The Morgan fingerprint density at radius 2 is 1.66 bits per heavy atom. The molecule has 172 valence electrons. The summed E-state index contributed by atoms with van der Waals surface area (Å²) in [6.07, 6.45) is 10.8. The molecule has 0 amide bonds. The molecule has 2 aromatic rings. The standard InChI is InChI=1S/C27H31F3O2/c1-3-5-17-6-8-18(9-7-17)10-11-19-12-13-20-15-21-16-22(31-14-4-2)24(29)25(30)27(21)32-26(20)23(19)28/h4,12-13,16-18H,2-3,5-11,14-15H2,1H3. The van der Waals surface area contributed by atoms with Gasteiger partial charge in [0.1, 0.15) is 6.61 Å². The van der Waals surface area contributed by atoms with E-state index in [9.17, 15) is 8.78 Å². The molecule has 1 heterocycles. The van der Waals surface area contributed by atoms with E-state index < -0.39 is 17.5 Å². The van der Waals surface area contributed by atoms with Gasteiger partial charge in [-0.1, -0.05) is 70.2 Å². The van der Waals surface area contributed by atoms with Gasteiger partial charge in [0.05, 0.1) is 0 Å². The van der Waals surface area contributed by atoms with Gasteiger partial charge in [-0.3, -0.25) is 0 Å². The molecule has 2 aromatic carbocycles. The summed E-state index contributed by atoms with van der Waals surface area (Å²) >= 11 is 0. The fraction of sp³-hybridized carbons (Fsp3) is 0.481. The van der Waals surface area contributed by atoms with Gasteiger partial charge in [0.25, 0.3) is 0 Å². The SMILES string of the molecule is C=CCOc1cc2c(c(F)c1F)Oc1c(ccc(CCC3CCC(CCC)CC3)c1F)C2. The predicted octanol–water partition coefficient (Wildman–Crippen LogP) is 7.90. The smallest absolute Gasteiger partial charge is 0.205 e. The van der Waals surface area contributed by atoms with Crippen molar-refractivity contribution in [1.82, 2.24) is 0 Å². The topological polar surface area (TPSA) is 18.5 Å².